The van der Waals surface area contributed by atoms with Gasteiger partial charge in [0.05, 0.1) is 0 Å². The molecule has 13 rings (SSSR count). The summed E-state index contributed by atoms with van der Waals surface area (Å²) in [5.41, 5.74) is 20.5. The molecule has 0 fully saturated rings. The summed E-state index contributed by atoms with van der Waals surface area (Å²) in [6, 6.07) is 79.9. The van der Waals surface area contributed by atoms with E-state index in [-0.39, 0.29) is 5.41 Å². The first-order valence-corrected chi connectivity index (χ1v) is 21.9. The molecule has 63 heavy (non-hydrogen) atoms. The lowest BCUT2D eigenvalue weighted by Crippen LogP contribution is -2.26. The summed E-state index contributed by atoms with van der Waals surface area (Å²) in [5.74, 6) is 0.980. The monoisotopic (exact) mass is 806 g/mol. The second kappa shape index (κ2) is 13.3. The Bertz CT molecular complexity index is 3400. The molecule has 9 aromatic carbocycles. The highest BCUT2D eigenvalue weighted by Crippen LogP contribution is 2.66. The van der Waals surface area contributed by atoms with Crippen LogP contribution in [0.3, 0.4) is 0 Å². The van der Waals surface area contributed by atoms with Gasteiger partial charge >= 0.3 is 0 Å². The Morgan fingerprint density at radius 1 is 0.333 bits per heavy atom. The first-order chi connectivity index (χ1) is 31.0. The topological polar surface area (TPSA) is 19.6 Å². The van der Waals surface area contributed by atoms with Gasteiger partial charge < -0.3 is 14.2 Å². The molecule has 3 aliphatic carbocycles. The minimum Gasteiger partial charge on any atom is -0.459 e. The SMILES string of the molecule is CC1(C)c2ccccc2-c2ccc(N(c3ccccc3)c3ccc4c(c3)C3(c5ccccc5-4)c4cc(N(c5ccccc5)c5ccccc5)ccc4-c4c3oc3ccccc43)cc21. The summed E-state index contributed by atoms with van der Waals surface area (Å²) in [6.45, 7) is 4.72. The largest absolute Gasteiger partial charge is 0.459 e. The van der Waals surface area contributed by atoms with Gasteiger partial charge in [0, 0.05) is 50.5 Å². The van der Waals surface area contributed by atoms with E-state index in [0.717, 1.165) is 50.9 Å². The normalized spacial score (nSPS) is 15.7. The van der Waals surface area contributed by atoms with Crippen LogP contribution < -0.4 is 9.80 Å². The fourth-order valence-electron chi connectivity index (χ4n) is 11.3. The lowest BCUT2D eigenvalue weighted by atomic mass is 9.73. The number of rotatable bonds is 6. The van der Waals surface area contributed by atoms with Crippen LogP contribution in [0.25, 0.3) is 44.3 Å². The molecule has 0 radical (unpaired) electrons. The summed E-state index contributed by atoms with van der Waals surface area (Å²) < 4.78 is 7.26. The van der Waals surface area contributed by atoms with E-state index in [9.17, 15) is 0 Å². The summed E-state index contributed by atoms with van der Waals surface area (Å²) in [7, 11) is 0. The Labute approximate surface area is 367 Å². The first-order valence-electron chi connectivity index (χ1n) is 21.9. The van der Waals surface area contributed by atoms with Crippen LogP contribution in [0, 0.1) is 0 Å². The molecule has 0 amide bonds. The van der Waals surface area contributed by atoms with E-state index in [2.05, 4.69) is 242 Å². The Morgan fingerprint density at radius 3 is 1.35 bits per heavy atom. The predicted octanol–water partition coefficient (Wildman–Crippen LogP) is 16.0. The van der Waals surface area contributed by atoms with Crippen molar-refractivity contribution in [3.8, 4) is 33.4 Å². The summed E-state index contributed by atoms with van der Waals surface area (Å²) >= 11 is 0. The third-order valence-corrected chi connectivity index (χ3v) is 14.0. The van der Waals surface area contributed by atoms with Gasteiger partial charge in [0.1, 0.15) is 16.8 Å². The van der Waals surface area contributed by atoms with Crippen molar-refractivity contribution in [3.63, 3.8) is 0 Å². The average molecular weight is 807 g/mol. The molecule has 0 N–H and O–H groups in total. The van der Waals surface area contributed by atoms with Gasteiger partial charge in [-0.15, -0.1) is 0 Å². The van der Waals surface area contributed by atoms with Crippen molar-refractivity contribution in [2.45, 2.75) is 24.7 Å². The van der Waals surface area contributed by atoms with Gasteiger partial charge in [0.2, 0.25) is 0 Å². The molecule has 3 heteroatoms. The zero-order valence-electron chi connectivity index (χ0n) is 35.1. The van der Waals surface area contributed by atoms with E-state index >= 15 is 0 Å². The predicted molar refractivity (Wildman–Crippen MR) is 259 cm³/mol. The second-order valence-electron chi connectivity index (χ2n) is 17.6. The maximum atomic E-state index is 7.26. The minimum absolute atomic E-state index is 0.135. The Kier molecular flexibility index (Phi) is 7.57. The third-order valence-electron chi connectivity index (χ3n) is 14.0. The van der Waals surface area contributed by atoms with E-state index in [0.29, 0.717) is 0 Å². The van der Waals surface area contributed by atoms with E-state index in [1.807, 2.05) is 0 Å². The van der Waals surface area contributed by atoms with Gasteiger partial charge in [0.25, 0.3) is 0 Å². The number of hydrogen-bond acceptors (Lipinski definition) is 3. The molecular weight excluding hydrogens is 765 g/mol. The molecule has 1 spiro atoms. The molecule has 1 unspecified atom stereocenters. The van der Waals surface area contributed by atoms with Crippen molar-refractivity contribution in [1.82, 2.24) is 0 Å². The van der Waals surface area contributed by atoms with E-state index in [1.165, 1.54) is 61.2 Å². The second-order valence-corrected chi connectivity index (χ2v) is 17.6. The van der Waals surface area contributed by atoms with Crippen molar-refractivity contribution in [2.75, 3.05) is 9.80 Å². The highest BCUT2D eigenvalue weighted by atomic mass is 16.3. The first kappa shape index (κ1) is 35.8. The lowest BCUT2D eigenvalue weighted by molar-refractivity contribution is 0.507. The van der Waals surface area contributed by atoms with E-state index in [1.54, 1.807) is 0 Å². The number of fused-ring (bicyclic) bond motifs is 15. The van der Waals surface area contributed by atoms with Crippen LogP contribution in [0.15, 0.2) is 223 Å². The van der Waals surface area contributed by atoms with Crippen molar-refractivity contribution in [1.29, 1.82) is 0 Å². The highest BCUT2D eigenvalue weighted by Gasteiger charge is 2.55. The number of nitrogens with zero attached hydrogens (tertiary/aromatic N) is 2. The smallest absolute Gasteiger partial charge is 0.135 e. The molecule has 1 heterocycles. The number of benzene rings is 9. The molecule has 1 atom stereocenters. The van der Waals surface area contributed by atoms with Crippen molar-refractivity contribution in [3.05, 3.63) is 252 Å². The van der Waals surface area contributed by atoms with Gasteiger partial charge in [-0.05, 0) is 134 Å². The maximum absolute atomic E-state index is 7.26. The molecule has 298 valence electrons. The quantitative estimate of drug-likeness (QED) is 0.167. The molecule has 3 nitrogen and oxygen atoms in total. The zero-order chi connectivity index (χ0) is 41.9. The number of furan rings is 1. The van der Waals surface area contributed by atoms with Crippen LogP contribution in [0.1, 0.15) is 47.4 Å². The molecule has 0 saturated carbocycles. The Morgan fingerprint density at radius 2 is 0.746 bits per heavy atom. The van der Waals surface area contributed by atoms with Crippen LogP contribution in [0.5, 0.6) is 0 Å². The molecule has 0 saturated heterocycles. The molecule has 0 aliphatic heterocycles. The van der Waals surface area contributed by atoms with E-state index < -0.39 is 5.41 Å². The van der Waals surface area contributed by atoms with Gasteiger partial charge in [-0.25, -0.2) is 0 Å². The summed E-state index contributed by atoms with van der Waals surface area (Å²) in [5, 5.41) is 1.14. The van der Waals surface area contributed by atoms with Gasteiger partial charge in [0.15, 0.2) is 0 Å². The van der Waals surface area contributed by atoms with Crippen molar-refractivity contribution >= 4 is 45.1 Å². The molecule has 1 aromatic heterocycles. The van der Waals surface area contributed by atoms with Gasteiger partial charge in [-0.1, -0.05) is 153 Å². The summed E-state index contributed by atoms with van der Waals surface area (Å²) in [6.07, 6.45) is 0. The fraction of sp³-hybridized carbons (Fsp3) is 0.0667. The Balaban J connectivity index is 1.08. The van der Waals surface area contributed by atoms with Crippen LogP contribution >= 0.6 is 0 Å². The minimum atomic E-state index is -0.732. The lowest BCUT2D eigenvalue weighted by Gasteiger charge is -2.32. The van der Waals surface area contributed by atoms with Gasteiger partial charge in [-0.3, -0.25) is 0 Å². The number of anilines is 6. The Hall–Kier alpha value is -7.88. The molecule has 3 aliphatic rings. The zero-order valence-corrected chi connectivity index (χ0v) is 35.1. The number of para-hydroxylation sites is 4. The van der Waals surface area contributed by atoms with Crippen molar-refractivity contribution < 1.29 is 4.42 Å². The summed E-state index contributed by atoms with van der Waals surface area (Å²) in [4.78, 5) is 4.81. The average Bonchev–Trinajstić information content (AvgIpc) is 4.02. The maximum Gasteiger partial charge on any atom is 0.135 e. The molecule has 10 aromatic rings. The third kappa shape index (κ3) is 4.96. The standard InChI is InChI=1S/C60H42N2O/c1-59(2)51-27-15-12-24-45(51)47-33-30-42(36-53(47)59)62(41-22-10-5-11-23-41)44-31-34-48-46-25-13-16-28-52(46)60(54(48)37-44)55-38-43(61(39-18-6-3-7-19-39)40-20-8-4-9-21-40)32-35-49(55)57-50-26-14-17-29-56(50)63-58(57)60/h3-38H,1-2H3. The van der Waals surface area contributed by atoms with Crippen LogP contribution in [-0.2, 0) is 10.8 Å². The fourth-order valence-corrected chi connectivity index (χ4v) is 11.3. The van der Waals surface area contributed by atoms with Crippen LogP contribution in [0.2, 0.25) is 0 Å². The van der Waals surface area contributed by atoms with Gasteiger partial charge in [-0.2, -0.15) is 0 Å². The number of hydrogen-bond donors (Lipinski definition) is 0. The molecular formula is C60H42N2O. The van der Waals surface area contributed by atoms with Crippen LogP contribution in [-0.4, -0.2) is 0 Å². The van der Waals surface area contributed by atoms with Crippen LogP contribution in [0.4, 0.5) is 34.1 Å². The highest BCUT2D eigenvalue weighted by molar-refractivity contribution is 6.05. The van der Waals surface area contributed by atoms with E-state index in [4.69, 9.17) is 4.42 Å². The van der Waals surface area contributed by atoms with Crippen molar-refractivity contribution in [2.24, 2.45) is 0 Å². The molecule has 0 bridgehead atoms.